The SMILES string of the molecule is CC1CNC(C)CCN(Cc2ccccc2)C1. The van der Waals surface area contributed by atoms with Gasteiger partial charge in [-0.05, 0) is 37.9 Å². The summed E-state index contributed by atoms with van der Waals surface area (Å²) in [5.74, 6) is 0.737. The van der Waals surface area contributed by atoms with Gasteiger partial charge in [0.15, 0.2) is 0 Å². The summed E-state index contributed by atoms with van der Waals surface area (Å²) >= 11 is 0. The predicted molar refractivity (Wildman–Crippen MR) is 73.0 cm³/mol. The molecule has 0 aromatic heterocycles. The van der Waals surface area contributed by atoms with Gasteiger partial charge >= 0.3 is 0 Å². The van der Waals surface area contributed by atoms with E-state index in [0.717, 1.165) is 19.0 Å². The van der Waals surface area contributed by atoms with E-state index in [-0.39, 0.29) is 0 Å². The highest BCUT2D eigenvalue weighted by Crippen LogP contribution is 2.11. The summed E-state index contributed by atoms with van der Waals surface area (Å²) in [5.41, 5.74) is 1.43. The second-order valence-corrected chi connectivity index (χ2v) is 5.42. The highest BCUT2D eigenvalue weighted by Gasteiger charge is 2.16. The first-order valence-electron chi connectivity index (χ1n) is 6.73. The summed E-state index contributed by atoms with van der Waals surface area (Å²) < 4.78 is 0. The van der Waals surface area contributed by atoms with E-state index < -0.39 is 0 Å². The smallest absolute Gasteiger partial charge is 0.0233 e. The van der Waals surface area contributed by atoms with Crippen molar-refractivity contribution in [3.63, 3.8) is 0 Å². The van der Waals surface area contributed by atoms with E-state index in [4.69, 9.17) is 0 Å². The van der Waals surface area contributed by atoms with Crippen molar-refractivity contribution in [1.82, 2.24) is 10.2 Å². The van der Waals surface area contributed by atoms with Crippen molar-refractivity contribution in [3.8, 4) is 0 Å². The van der Waals surface area contributed by atoms with Crippen LogP contribution in [0.3, 0.4) is 0 Å². The normalized spacial score (nSPS) is 27.4. The van der Waals surface area contributed by atoms with Crippen molar-refractivity contribution in [1.29, 1.82) is 0 Å². The van der Waals surface area contributed by atoms with E-state index in [1.54, 1.807) is 0 Å². The Morgan fingerprint density at radius 1 is 1.24 bits per heavy atom. The van der Waals surface area contributed by atoms with Gasteiger partial charge in [0.25, 0.3) is 0 Å². The first-order valence-corrected chi connectivity index (χ1v) is 6.73. The van der Waals surface area contributed by atoms with Crippen LogP contribution in [0.2, 0.25) is 0 Å². The van der Waals surface area contributed by atoms with Gasteiger partial charge in [-0.25, -0.2) is 0 Å². The number of rotatable bonds is 2. The van der Waals surface area contributed by atoms with Gasteiger partial charge in [-0.2, -0.15) is 0 Å². The molecule has 1 heterocycles. The molecule has 1 aromatic carbocycles. The van der Waals surface area contributed by atoms with Gasteiger partial charge in [0.2, 0.25) is 0 Å². The van der Waals surface area contributed by atoms with E-state index in [2.05, 4.69) is 54.4 Å². The predicted octanol–water partition coefficient (Wildman–Crippen LogP) is 2.51. The van der Waals surface area contributed by atoms with Gasteiger partial charge in [0.05, 0.1) is 0 Å². The maximum atomic E-state index is 3.59. The molecule has 1 fully saturated rings. The lowest BCUT2D eigenvalue weighted by atomic mass is 10.1. The zero-order valence-electron chi connectivity index (χ0n) is 11.0. The Labute approximate surface area is 105 Å². The average Bonchev–Trinajstić information content (AvgIpc) is 2.33. The maximum Gasteiger partial charge on any atom is 0.0233 e. The Morgan fingerprint density at radius 2 is 2.00 bits per heavy atom. The van der Waals surface area contributed by atoms with E-state index in [1.165, 1.54) is 25.1 Å². The van der Waals surface area contributed by atoms with Crippen molar-refractivity contribution in [2.75, 3.05) is 19.6 Å². The van der Waals surface area contributed by atoms with Crippen molar-refractivity contribution >= 4 is 0 Å². The number of hydrogen-bond acceptors (Lipinski definition) is 2. The molecular weight excluding hydrogens is 208 g/mol. The quantitative estimate of drug-likeness (QED) is 0.843. The Kier molecular flexibility index (Phi) is 4.57. The van der Waals surface area contributed by atoms with Crippen LogP contribution in [0.15, 0.2) is 30.3 Å². The van der Waals surface area contributed by atoms with Gasteiger partial charge in [-0.15, -0.1) is 0 Å². The molecule has 2 nitrogen and oxygen atoms in total. The van der Waals surface area contributed by atoms with Crippen LogP contribution < -0.4 is 5.32 Å². The van der Waals surface area contributed by atoms with E-state index in [0.29, 0.717) is 6.04 Å². The summed E-state index contributed by atoms with van der Waals surface area (Å²) in [6.45, 7) is 9.27. The summed E-state index contributed by atoms with van der Waals surface area (Å²) in [7, 11) is 0. The number of nitrogens with zero attached hydrogens (tertiary/aromatic N) is 1. The maximum absolute atomic E-state index is 3.59. The second-order valence-electron chi connectivity index (χ2n) is 5.42. The fraction of sp³-hybridized carbons (Fsp3) is 0.600. The summed E-state index contributed by atoms with van der Waals surface area (Å²) in [6.07, 6.45) is 1.25. The second kappa shape index (κ2) is 6.18. The minimum absolute atomic E-state index is 0.649. The van der Waals surface area contributed by atoms with Gasteiger partial charge in [-0.3, -0.25) is 4.90 Å². The molecule has 2 atom stereocenters. The minimum Gasteiger partial charge on any atom is -0.314 e. The highest BCUT2D eigenvalue weighted by atomic mass is 15.1. The molecule has 1 aromatic rings. The minimum atomic E-state index is 0.649. The monoisotopic (exact) mass is 232 g/mol. The van der Waals surface area contributed by atoms with E-state index in [1.807, 2.05) is 0 Å². The van der Waals surface area contributed by atoms with E-state index >= 15 is 0 Å². The molecule has 0 spiro atoms. The molecule has 0 radical (unpaired) electrons. The van der Waals surface area contributed by atoms with Crippen LogP contribution >= 0.6 is 0 Å². The third-order valence-electron chi connectivity index (χ3n) is 3.51. The molecule has 94 valence electrons. The molecule has 0 amide bonds. The van der Waals surface area contributed by atoms with Gasteiger partial charge in [-0.1, -0.05) is 37.3 Å². The third-order valence-corrected chi connectivity index (χ3v) is 3.51. The zero-order chi connectivity index (χ0) is 12.1. The van der Waals surface area contributed by atoms with Crippen molar-refractivity contribution in [2.45, 2.75) is 32.9 Å². The first kappa shape index (κ1) is 12.6. The summed E-state index contributed by atoms with van der Waals surface area (Å²) in [4.78, 5) is 2.59. The average molecular weight is 232 g/mol. The topological polar surface area (TPSA) is 15.3 Å². The number of benzene rings is 1. The van der Waals surface area contributed by atoms with Crippen LogP contribution in [0.4, 0.5) is 0 Å². The largest absolute Gasteiger partial charge is 0.314 e. The lowest BCUT2D eigenvalue weighted by Gasteiger charge is -2.31. The fourth-order valence-electron chi connectivity index (χ4n) is 2.46. The Bertz CT molecular complexity index is 323. The van der Waals surface area contributed by atoms with Crippen LogP contribution in [0.25, 0.3) is 0 Å². The molecule has 0 bridgehead atoms. The molecular formula is C15H24N2. The molecule has 2 heteroatoms. The molecule has 2 rings (SSSR count). The van der Waals surface area contributed by atoms with Crippen LogP contribution in [0.5, 0.6) is 0 Å². The molecule has 0 aliphatic carbocycles. The highest BCUT2D eigenvalue weighted by molar-refractivity contribution is 5.14. The molecule has 2 unspecified atom stereocenters. The molecule has 1 aliphatic rings. The summed E-state index contributed by atoms with van der Waals surface area (Å²) in [5, 5.41) is 3.59. The van der Waals surface area contributed by atoms with Gasteiger partial charge in [0.1, 0.15) is 0 Å². The van der Waals surface area contributed by atoms with Crippen molar-refractivity contribution < 1.29 is 0 Å². The third kappa shape index (κ3) is 4.14. The van der Waals surface area contributed by atoms with Gasteiger partial charge < -0.3 is 5.32 Å². The molecule has 0 saturated carbocycles. The molecule has 17 heavy (non-hydrogen) atoms. The van der Waals surface area contributed by atoms with Crippen LogP contribution in [0.1, 0.15) is 25.8 Å². The van der Waals surface area contributed by atoms with E-state index in [9.17, 15) is 0 Å². The first-order chi connectivity index (χ1) is 8.24. The molecule has 1 saturated heterocycles. The number of nitrogens with one attached hydrogen (secondary N) is 1. The summed E-state index contributed by atoms with van der Waals surface area (Å²) in [6, 6.07) is 11.5. The standard InChI is InChI=1S/C15H24N2/c1-13-10-16-14(2)8-9-17(11-13)12-15-6-4-3-5-7-15/h3-7,13-14,16H,8-12H2,1-2H3. The van der Waals surface area contributed by atoms with Crippen molar-refractivity contribution in [3.05, 3.63) is 35.9 Å². The lowest BCUT2D eigenvalue weighted by molar-refractivity contribution is 0.195. The molecule has 1 aliphatic heterocycles. The fourth-order valence-corrected chi connectivity index (χ4v) is 2.46. The van der Waals surface area contributed by atoms with Crippen LogP contribution in [0, 0.1) is 5.92 Å². The Morgan fingerprint density at radius 3 is 2.76 bits per heavy atom. The Hall–Kier alpha value is -0.860. The molecule has 1 N–H and O–H groups in total. The lowest BCUT2D eigenvalue weighted by Crippen LogP contribution is -2.42. The Balaban J connectivity index is 1.94. The van der Waals surface area contributed by atoms with Crippen LogP contribution in [-0.2, 0) is 6.54 Å². The van der Waals surface area contributed by atoms with Crippen LogP contribution in [-0.4, -0.2) is 30.6 Å². The van der Waals surface area contributed by atoms with Crippen molar-refractivity contribution in [2.24, 2.45) is 5.92 Å². The number of hydrogen-bond donors (Lipinski definition) is 1. The van der Waals surface area contributed by atoms with Gasteiger partial charge in [0, 0.05) is 19.1 Å². The zero-order valence-corrected chi connectivity index (χ0v) is 11.0.